The highest BCUT2D eigenvalue weighted by atomic mass is 16.5. The van der Waals surface area contributed by atoms with Gasteiger partial charge in [-0.05, 0) is 19.3 Å². The van der Waals surface area contributed by atoms with Crippen molar-refractivity contribution >= 4 is 0 Å². The van der Waals surface area contributed by atoms with Gasteiger partial charge in [-0.3, -0.25) is 9.36 Å². The van der Waals surface area contributed by atoms with Gasteiger partial charge in [0.1, 0.15) is 0 Å². The lowest BCUT2D eigenvalue weighted by Crippen LogP contribution is -2.26. The largest absolute Gasteiger partial charge is 0.381 e. The van der Waals surface area contributed by atoms with E-state index in [-0.39, 0.29) is 5.56 Å². The first-order valence-electron chi connectivity index (χ1n) is 6.47. The zero-order valence-corrected chi connectivity index (χ0v) is 9.97. The molecule has 1 atom stereocenters. The normalized spacial score (nSPS) is 24.8. The summed E-state index contributed by atoms with van der Waals surface area (Å²) in [5.41, 5.74) is 1.08. The molecule has 1 saturated heterocycles. The summed E-state index contributed by atoms with van der Waals surface area (Å²) in [4.78, 5) is 16.4. The molecule has 1 aromatic rings. The van der Waals surface area contributed by atoms with Crippen molar-refractivity contribution in [3.63, 3.8) is 0 Å². The monoisotopic (exact) mass is 234 g/mol. The van der Waals surface area contributed by atoms with Crippen LogP contribution in [0, 0.1) is 5.92 Å². The summed E-state index contributed by atoms with van der Waals surface area (Å²) in [6, 6.07) is 1.72. The molecule has 1 aromatic heterocycles. The van der Waals surface area contributed by atoms with Gasteiger partial charge in [0.2, 0.25) is 0 Å². The molecule has 0 radical (unpaired) electrons. The Bertz CT molecular complexity index is 445. The first-order chi connectivity index (χ1) is 8.33. The van der Waals surface area contributed by atoms with Crippen molar-refractivity contribution < 1.29 is 4.74 Å². The highest BCUT2D eigenvalue weighted by molar-refractivity contribution is 5.09. The van der Waals surface area contributed by atoms with Crippen molar-refractivity contribution in [3.05, 3.63) is 28.4 Å². The Morgan fingerprint density at radius 1 is 1.41 bits per heavy atom. The number of ether oxygens (including phenoxy) is 1. The zero-order valence-electron chi connectivity index (χ0n) is 9.97. The van der Waals surface area contributed by atoms with Crippen molar-refractivity contribution in [2.45, 2.75) is 38.1 Å². The molecule has 0 N–H and O–H groups in total. The van der Waals surface area contributed by atoms with E-state index in [4.69, 9.17) is 4.74 Å². The molecular formula is C13H18N2O2. The van der Waals surface area contributed by atoms with E-state index in [2.05, 4.69) is 4.98 Å². The van der Waals surface area contributed by atoms with Crippen molar-refractivity contribution in [1.82, 2.24) is 9.55 Å². The van der Waals surface area contributed by atoms with Gasteiger partial charge in [-0.25, -0.2) is 4.98 Å². The van der Waals surface area contributed by atoms with Crippen LogP contribution in [0.5, 0.6) is 0 Å². The average molecular weight is 234 g/mol. The second-order valence-electron chi connectivity index (χ2n) is 5.16. The average Bonchev–Trinajstić information content (AvgIpc) is 2.72. The van der Waals surface area contributed by atoms with Crippen molar-refractivity contribution in [1.29, 1.82) is 0 Å². The van der Waals surface area contributed by atoms with Crippen LogP contribution in [-0.4, -0.2) is 22.8 Å². The molecule has 1 aliphatic heterocycles. The summed E-state index contributed by atoms with van der Waals surface area (Å²) in [5.74, 6) is 1.01. The summed E-state index contributed by atoms with van der Waals surface area (Å²) in [6.07, 6.45) is 6.42. The summed E-state index contributed by atoms with van der Waals surface area (Å²) < 4.78 is 7.05. The molecule has 0 aromatic carbocycles. The molecule has 0 amide bonds. The maximum Gasteiger partial charge on any atom is 0.253 e. The predicted molar refractivity (Wildman–Crippen MR) is 64.0 cm³/mol. The molecular weight excluding hydrogens is 216 g/mol. The molecule has 4 nitrogen and oxygen atoms in total. The van der Waals surface area contributed by atoms with Gasteiger partial charge in [0, 0.05) is 31.1 Å². The standard InChI is InChI=1S/C13H18N2O2/c16-13-6-12(11-2-1-3-11)14-9-15(13)7-10-4-5-17-8-10/h6,9-11H,1-5,7-8H2. The van der Waals surface area contributed by atoms with E-state index in [1.807, 2.05) is 0 Å². The summed E-state index contributed by atoms with van der Waals surface area (Å²) in [6.45, 7) is 2.35. The topological polar surface area (TPSA) is 44.1 Å². The van der Waals surface area contributed by atoms with Crippen LogP contribution in [0.1, 0.15) is 37.3 Å². The van der Waals surface area contributed by atoms with Gasteiger partial charge < -0.3 is 4.74 Å². The third kappa shape index (κ3) is 2.27. The third-order valence-corrected chi connectivity index (χ3v) is 3.90. The van der Waals surface area contributed by atoms with Crippen LogP contribution < -0.4 is 5.56 Å². The molecule has 2 heterocycles. The maximum atomic E-state index is 12.0. The zero-order chi connectivity index (χ0) is 11.7. The van der Waals surface area contributed by atoms with Gasteiger partial charge >= 0.3 is 0 Å². The van der Waals surface area contributed by atoms with Gasteiger partial charge in [-0.1, -0.05) is 6.42 Å². The Kier molecular flexibility index (Phi) is 2.97. The lowest BCUT2D eigenvalue weighted by atomic mass is 9.83. The fourth-order valence-corrected chi connectivity index (χ4v) is 2.51. The number of hydrogen-bond donors (Lipinski definition) is 0. The highest BCUT2D eigenvalue weighted by Crippen LogP contribution is 2.34. The SMILES string of the molecule is O=c1cc(C2CCC2)ncn1CC1CCOC1. The molecule has 17 heavy (non-hydrogen) atoms. The molecule has 2 fully saturated rings. The van der Waals surface area contributed by atoms with Crippen LogP contribution in [0.25, 0.3) is 0 Å². The Morgan fingerprint density at radius 3 is 2.88 bits per heavy atom. The second kappa shape index (κ2) is 4.61. The highest BCUT2D eigenvalue weighted by Gasteiger charge is 2.22. The summed E-state index contributed by atoms with van der Waals surface area (Å²) in [5, 5.41) is 0. The molecule has 3 rings (SSSR count). The quantitative estimate of drug-likeness (QED) is 0.797. The van der Waals surface area contributed by atoms with Gasteiger partial charge in [0.05, 0.1) is 18.6 Å². The van der Waals surface area contributed by atoms with Gasteiger partial charge in [-0.15, -0.1) is 0 Å². The van der Waals surface area contributed by atoms with E-state index < -0.39 is 0 Å². The Labute approximate surface area is 101 Å². The van der Waals surface area contributed by atoms with E-state index in [1.54, 1.807) is 17.0 Å². The van der Waals surface area contributed by atoms with E-state index in [0.29, 0.717) is 11.8 Å². The lowest BCUT2D eigenvalue weighted by molar-refractivity contribution is 0.182. The molecule has 1 unspecified atom stereocenters. The van der Waals surface area contributed by atoms with Crippen molar-refractivity contribution in [2.75, 3.05) is 13.2 Å². The molecule has 0 bridgehead atoms. The second-order valence-corrected chi connectivity index (χ2v) is 5.16. The molecule has 1 aliphatic carbocycles. The van der Waals surface area contributed by atoms with Crippen molar-refractivity contribution in [3.8, 4) is 0 Å². The Hall–Kier alpha value is -1.16. The third-order valence-electron chi connectivity index (χ3n) is 3.90. The van der Waals surface area contributed by atoms with Crippen LogP contribution in [-0.2, 0) is 11.3 Å². The number of hydrogen-bond acceptors (Lipinski definition) is 3. The van der Waals surface area contributed by atoms with Crippen LogP contribution >= 0.6 is 0 Å². The van der Waals surface area contributed by atoms with Crippen LogP contribution in [0.2, 0.25) is 0 Å². The minimum atomic E-state index is 0.0915. The molecule has 0 spiro atoms. The van der Waals surface area contributed by atoms with Crippen molar-refractivity contribution in [2.24, 2.45) is 5.92 Å². The van der Waals surface area contributed by atoms with E-state index in [9.17, 15) is 4.79 Å². The van der Waals surface area contributed by atoms with Gasteiger partial charge in [-0.2, -0.15) is 0 Å². The van der Waals surface area contributed by atoms with E-state index >= 15 is 0 Å². The first kappa shape index (κ1) is 11.0. The minimum absolute atomic E-state index is 0.0915. The minimum Gasteiger partial charge on any atom is -0.381 e. The fourth-order valence-electron chi connectivity index (χ4n) is 2.51. The predicted octanol–water partition coefficient (Wildman–Crippen LogP) is 1.55. The molecule has 92 valence electrons. The Balaban J connectivity index is 1.74. The van der Waals surface area contributed by atoms with Crippen LogP contribution in [0.4, 0.5) is 0 Å². The van der Waals surface area contributed by atoms with Gasteiger partial charge in [0.25, 0.3) is 5.56 Å². The Morgan fingerprint density at radius 2 is 2.29 bits per heavy atom. The summed E-state index contributed by atoms with van der Waals surface area (Å²) >= 11 is 0. The van der Waals surface area contributed by atoms with Crippen LogP contribution in [0.3, 0.4) is 0 Å². The number of nitrogens with zero attached hydrogens (tertiary/aromatic N) is 2. The molecule has 2 aliphatic rings. The molecule has 1 saturated carbocycles. The lowest BCUT2D eigenvalue weighted by Gasteiger charge is -2.24. The van der Waals surface area contributed by atoms with E-state index in [0.717, 1.165) is 31.9 Å². The fraction of sp³-hybridized carbons (Fsp3) is 0.692. The number of rotatable bonds is 3. The first-order valence-corrected chi connectivity index (χ1v) is 6.47. The maximum absolute atomic E-state index is 12.0. The smallest absolute Gasteiger partial charge is 0.253 e. The number of aromatic nitrogens is 2. The molecule has 4 heteroatoms. The summed E-state index contributed by atoms with van der Waals surface area (Å²) in [7, 11) is 0. The van der Waals surface area contributed by atoms with E-state index in [1.165, 1.54) is 19.3 Å². The van der Waals surface area contributed by atoms with Gasteiger partial charge in [0.15, 0.2) is 0 Å². The van der Waals surface area contributed by atoms with Crippen LogP contribution in [0.15, 0.2) is 17.2 Å².